The topological polar surface area (TPSA) is 15.3 Å². The molecule has 0 heterocycles. The lowest BCUT2D eigenvalue weighted by Crippen LogP contribution is -2.32. The van der Waals surface area contributed by atoms with E-state index in [-0.39, 0.29) is 5.82 Å². The third-order valence-corrected chi connectivity index (χ3v) is 3.36. The molecule has 0 aliphatic carbocycles. The number of nitrogens with zero attached hydrogens (tertiary/aromatic N) is 1. The summed E-state index contributed by atoms with van der Waals surface area (Å²) in [4.78, 5) is 2.29. The Hall–Kier alpha value is -0.930. The molecule has 2 nitrogen and oxygen atoms in total. The van der Waals surface area contributed by atoms with Gasteiger partial charge in [-0.25, -0.2) is 4.39 Å². The highest BCUT2D eigenvalue weighted by Gasteiger charge is 2.09. The molecule has 0 spiro atoms. The molecule has 0 amide bonds. The Morgan fingerprint density at radius 1 is 1.33 bits per heavy atom. The second-order valence-corrected chi connectivity index (χ2v) is 4.94. The normalized spacial score (nSPS) is 12.9. The van der Waals surface area contributed by atoms with E-state index in [0.717, 1.165) is 31.6 Å². The zero-order valence-electron chi connectivity index (χ0n) is 11.7. The van der Waals surface area contributed by atoms with Crippen molar-refractivity contribution < 1.29 is 4.39 Å². The SMILES string of the molecule is CCC(CNC)CN(C)CCc1ccccc1F. The predicted octanol–water partition coefficient (Wildman–Crippen LogP) is 2.55. The molecule has 1 aromatic rings. The highest BCUT2D eigenvalue weighted by Crippen LogP contribution is 2.09. The molecule has 18 heavy (non-hydrogen) atoms. The van der Waals surface area contributed by atoms with Crippen LogP contribution in [-0.2, 0) is 6.42 Å². The number of halogens is 1. The second kappa shape index (κ2) is 8.22. The van der Waals surface area contributed by atoms with Crippen molar-refractivity contribution in [3.05, 3.63) is 35.6 Å². The lowest BCUT2D eigenvalue weighted by molar-refractivity contribution is 0.270. The van der Waals surface area contributed by atoms with Gasteiger partial charge in [-0.1, -0.05) is 31.5 Å². The summed E-state index contributed by atoms with van der Waals surface area (Å²) in [5.41, 5.74) is 0.811. The van der Waals surface area contributed by atoms with Gasteiger partial charge in [0.1, 0.15) is 5.82 Å². The molecular formula is C15H25FN2. The van der Waals surface area contributed by atoms with Crippen molar-refractivity contribution in [3.8, 4) is 0 Å². The Morgan fingerprint density at radius 3 is 2.67 bits per heavy atom. The van der Waals surface area contributed by atoms with E-state index in [1.54, 1.807) is 6.07 Å². The first-order valence-electron chi connectivity index (χ1n) is 6.73. The molecule has 1 atom stereocenters. The number of nitrogens with one attached hydrogen (secondary N) is 1. The van der Waals surface area contributed by atoms with Crippen molar-refractivity contribution in [2.75, 3.05) is 33.7 Å². The molecule has 0 fully saturated rings. The van der Waals surface area contributed by atoms with Gasteiger partial charge in [-0.3, -0.25) is 0 Å². The molecule has 3 heteroatoms. The number of likely N-dealkylation sites (N-methyl/N-ethyl adjacent to an activating group) is 1. The molecule has 0 aliphatic heterocycles. The molecule has 1 rings (SSSR count). The van der Waals surface area contributed by atoms with Gasteiger partial charge in [-0.2, -0.15) is 0 Å². The van der Waals surface area contributed by atoms with Gasteiger partial charge < -0.3 is 10.2 Å². The summed E-state index contributed by atoms with van der Waals surface area (Å²) in [5.74, 6) is 0.578. The first-order valence-corrected chi connectivity index (χ1v) is 6.73. The molecule has 1 aromatic carbocycles. The maximum absolute atomic E-state index is 13.5. The van der Waals surface area contributed by atoms with Crippen molar-refractivity contribution in [1.82, 2.24) is 10.2 Å². The molecule has 0 aliphatic rings. The highest BCUT2D eigenvalue weighted by molar-refractivity contribution is 5.17. The molecule has 0 saturated carbocycles. The van der Waals surface area contributed by atoms with Crippen LogP contribution >= 0.6 is 0 Å². The van der Waals surface area contributed by atoms with Gasteiger partial charge in [0.25, 0.3) is 0 Å². The number of hydrogen-bond donors (Lipinski definition) is 1. The minimum atomic E-state index is -0.0897. The first kappa shape index (κ1) is 15.1. The van der Waals surface area contributed by atoms with Crippen molar-refractivity contribution >= 4 is 0 Å². The standard InChI is InChI=1S/C15H25FN2/c1-4-13(11-17-2)12-18(3)10-9-14-7-5-6-8-15(14)16/h5-8,13,17H,4,9-12H2,1-3H3. The maximum atomic E-state index is 13.5. The average Bonchev–Trinajstić information content (AvgIpc) is 2.37. The summed E-state index contributed by atoms with van der Waals surface area (Å²) in [5, 5.41) is 3.22. The van der Waals surface area contributed by atoms with Gasteiger partial charge in [-0.05, 0) is 44.6 Å². The van der Waals surface area contributed by atoms with E-state index in [1.807, 2.05) is 19.2 Å². The van der Waals surface area contributed by atoms with Crippen LogP contribution in [0.3, 0.4) is 0 Å². The Bertz CT molecular complexity index is 341. The van der Waals surface area contributed by atoms with Crippen LogP contribution < -0.4 is 5.32 Å². The number of rotatable bonds is 8. The minimum absolute atomic E-state index is 0.0897. The third kappa shape index (κ3) is 5.15. The fraction of sp³-hybridized carbons (Fsp3) is 0.600. The fourth-order valence-electron chi connectivity index (χ4n) is 2.17. The van der Waals surface area contributed by atoms with Crippen LogP contribution in [0, 0.1) is 11.7 Å². The lowest BCUT2D eigenvalue weighted by atomic mass is 10.1. The van der Waals surface area contributed by atoms with Crippen LogP contribution in [0.4, 0.5) is 4.39 Å². The van der Waals surface area contributed by atoms with Crippen LogP contribution in [0.15, 0.2) is 24.3 Å². The molecule has 0 aromatic heterocycles. The average molecular weight is 252 g/mol. The van der Waals surface area contributed by atoms with E-state index in [2.05, 4.69) is 24.2 Å². The smallest absolute Gasteiger partial charge is 0.126 e. The summed E-state index contributed by atoms with van der Waals surface area (Å²) in [6.07, 6.45) is 1.95. The van der Waals surface area contributed by atoms with Gasteiger partial charge in [0.2, 0.25) is 0 Å². The van der Waals surface area contributed by atoms with Crippen molar-refractivity contribution in [2.45, 2.75) is 19.8 Å². The van der Waals surface area contributed by atoms with E-state index in [9.17, 15) is 4.39 Å². The molecular weight excluding hydrogens is 227 g/mol. The molecule has 1 unspecified atom stereocenters. The Morgan fingerprint density at radius 2 is 2.06 bits per heavy atom. The van der Waals surface area contributed by atoms with Gasteiger partial charge in [-0.15, -0.1) is 0 Å². The Kier molecular flexibility index (Phi) is 6.91. The summed E-state index contributed by atoms with van der Waals surface area (Å²) < 4.78 is 13.5. The van der Waals surface area contributed by atoms with Crippen molar-refractivity contribution in [3.63, 3.8) is 0 Å². The summed E-state index contributed by atoms with van der Waals surface area (Å²) in [7, 11) is 4.10. The predicted molar refractivity (Wildman–Crippen MR) is 75.3 cm³/mol. The Balaban J connectivity index is 2.36. The summed E-state index contributed by atoms with van der Waals surface area (Å²) in [6, 6.07) is 7.04. The molecule has 1 N–H and O–H groups in total. The maximum Gasteiger partial charge on any atom is 0.126 e. The molecule has 102 valence electrons. The third-order valence-electron chi connectivity index (χ3n) is 3.36. The minimum Gasteiger partial charge on any atom is -0.319 e. The number of benzene rings is 1. The van der Waals surface area contributed by atoms with Gasteiger partial charge in [0.15, 0.2) is 0 Å². The zero-order chi connectivity index (χ0) is 13.4. The van der Waals surface area contributed by atoms with E-state index in [0.29, 0.717) is 5.92 Å². The lowest BCUT2D eigenvalue weighted by Gasteiger charge is -2.23. The largest absolute Gasteiger partial charge is 0.319 e. The van der Waals surface area contributed by atoms with E-state index in [4.69, 9.17) is 0 Å². The van der Waals surface area contributed by atoms with Crippen LogP contribution in [0.2, 0.25) is 0 Å². The van der Waals surface area contributed by atoms with Crippen LogP contribution in [0.5, 0.6) is 0 Å². The highest BCUT2D eigenvalue weighted by atomic mass is 19.1. The van der Waals surface area contributed by atoms with E-state index >= 15 is 0 Å². The first-order chi connectivity index (χ1) is 8.67. The van der Waals surface area contributed by atoms with Crippen molar-refractivity contribution in [2.24, 2.45) is 5.92 Å². The van der Waals surface area contributed by atoms with Crippen LogP contribution in [0.1, 0.15) is 18.9 Å². The van der Waals surface area contributed by atoms with E-state index in [1.165, 1.54) is 12.5 Å². The quantitative estimate of drug-likeness (QED) is 0.765. The Labute approximate surface area is 110 Å². The zero-order valence-corrected chi connectivity index (χ0v) is 11.7. The summed E-state index contributed by atoms with van der Waals surface area (Å²) >= 11 is 0. The molecule has 0 saturated heterocycles. The number of hydrogen-bond acceptors (Lipinski definition) is 2. The van der Waals surface area contributed by atoms with Gasteiger partial charge in [0, 0.05) is 13.1 Å². The fourth-order valence-corrected chi connectivity index (χ4v) is 2.17. The van der Waals surface area contributed by atoms with Gasteiger partial charge in [0.05, 0.1) is 0 Å². The second-order valence-electron chi connectivity index (χ2n) is 4.94. The van der Waals surface area contributed by atoms with E-state index < -0.39 is 0 Å². The van der Waals surface area contributed by atoms with Crippen molar-refractivity contribution in [1.29, 1.82) is 0 Å². The molecule has 0 radical (unpaired) electrons. The van der Waals surface area contributed by atoms with Gasteiger partial charge >= 0.3 is 0 Å². The molecule has 0 bridgehead atoms. The summed E-state index contributed by atoms with van der Waals surface area (Å²) in [6.45, 7) is 5.22. The van der Waals surface area contributed by atoms with Crippen LogP contribution in [-0.4, -0.2) is 38.6 Å². The van der Waals surface area contributed by atoms with Crippen LogP contribution in [0.25, 0.3) is 0 Å². The monoisotopic (exact) mass is 252 g/mol.